The van der Waals surface area contributed by atoms with Crippen molar-refractivity contribution in [2.75, 3.05) is 19.3 Å². The molecule has 33 heavy (non-hydrogen) atoms. The fourth-order valence-electron chi connectivity index (χ4n) is 4.15. The van der Waals surface area contributed by atoms with Gasteiger partial charge in [0.25, 0.3) is 5.91 Å². The number of carbonyl (C=O) groups is 3. The second kappa shape index (κ2) is 10.0. The third-order valence-corrected chi connectivity index (χ3v) is 7.17. The highest BCUT2D eigenvalue weighted by atomic mass is 32.2. The number of hydrogen-bond donors (Lipinski definition) is 2. The first-order valence-electron chi connectivity index (χ1n) is 11.1. The number of benzene rings is 1. The molecule has 3 rings (SSSR count). The summed E-state index contributed by atoms with van der Waals surface area (Å²) >= 11 is 0. The van der Waals surface area contributed by atoms with E-state index in [1.807, 2.05) is 38.1 Å². The predicted molar refractivity (Wildman–Crippen MR) is 126 cm³/mol. The number of aryl methyl sites for hydroxylation is 1. The van der Waals surface area contributed by atoms with Crippen molar-refractivity contribution in [2.45, 2.75) is 45.2 Å². The summed E-state index contributed by atoms with van der Waals surface area (Å²) in [6.45, 7) is 3.87. The summed E-state index contributed by atoms with van der Waals surface area (Å²) in [5, 5.41) is 6.51. The summed E-state index contributed by atoms with van der Waals surface area (Å²) in [6.07, 6.45) is 2.28. The van der Waals surface area contributed by atoms with E-state index < -0.39 is 28.0 Å². The zero-order chi connectivity index (χ0) is 24.3. The first-order valence-corrected chi connectivity index (χ1v) is 13.0. The van der Waals surface area contributed by atoms with Crippen molar-refractivity contribution in [3.8, 4) is 0 Å². The van der Waals surface area contributed by atoms with Gasteiger partial charge in [-0.15, -0.1) is 0 Å². The number of para-hydroxylation sites is 1. The van der Waals surface area contributed by atoms with Crippen LogP contribution in [0.3, 0.4) is 0 Å². The summed E-state index contributed by atoms with van der Waals surface area (Å²) < 4.78 is 26.6. The highest BCUT2D eigenvalue weighted by Gasteiger charge is 2.32. The average Bonchev–Trinajstić information content (AvgIpc) is 2.95. The summed E-state index contributed by atoms with van der Waals surface area (Å²) in [7, 11) is -1.69. The maximum atomic E-state index is 13.1. The first kappa shape index (κ1) is 24.9. The van der Waals surface area contributed by atoms with Crippen LogP contribution in [0.25, 0.3) is 10.9 Å². The first-order chi connectivity index (χ1) is 15.5. The second-order valence-corrected chi connectivity index (χ2v) is 11.1. The molecule has 0 bridgehead atoms. The Labute approximate surface area is 194 Å². The maximum absolute atomic E-state index is 13.1. The van der Waals surface area contributed by atoms with Crippen molar-refractivity contribution < 1.29 is 22.8 Å². The number of aromatic nitrogens is 1. The number of nitrogens with one attached hydrogen (secondary N) is 2. The zero-order valence-corrected chi connectivity index (χ0v) is 20.3. The zero-order valence-electron chi connectivity index (χ0n) is 19.5. The van der Waals surface area contributed by atoms with Gasteiger partial charge in [-0.05, 0) is 37.3 Å². The molecule has 0 spiro atoms. The van der Waals surface area contributed by atoms with E-state index in [4.69, 9.17) is 0 Å². The van der Waals surface area contributed by atoms with Gasteiger partial charge in [-0.3, -0.25) is 14.4 Å². The van der Waals surface area contributed by atoms with Crippen molar-refractivity contribution in [1.29, 1.82) is 0 Å². The quantitative estimate of drug-likeness (QED) is 0.627. The minimum absolute atomic E-state index is 0.124. The third-order valence-electron chi connectivity index (χ3n) is 5.92. The van der Waals surface area contributed by atoms with Crippen molar-refractivity contribution in [1.82, 2.24) is 19.5 Å². The molecule has 1 fully saturated rings. The van der Waals surface area contributed by atoms with Gasteiger partial charge in [0, 0.05) is 24.5 Å². The number of amides is 2. The smallest absolute Gasteiger partial charge is 0.268 e. The van der Waals surface area contributed by atoms with Gasteiger partial charge in [-0.2, -0.15) is 4.31 Å². The van der Waals surface area contributed by atoms with Crippen LogP contribution < -0.4 is 10.6 Å². The van der Waals surface area contributed by atoms with E-state index in [-0.39, 0.29) is 30.7 Å². The van der Waals surface area contributed by atoms with Gasteiger partial charge in [0.2, 0.25) is 15.9 Å². The van der Waals surface area contributed by atoms with E-state index in [0.29, 0.717) is 25.0 Å². The number of ketones is 1. The van der Waals surface area contributed by atoms with Gasteiger partial charge < -0.3 is 15.2 Å². The summed E-state index contributed by atoms with van der Waals surface area (Å²) in [5.74, 6) is -1.04. The van der Waals surface area contributed by atoms with Crippen LogP contribution in [0, 0.1) is 5.92 Å². The fourth-order valence-corrected chi connectivity index (χ4v) is 4.97. The van der Waals surface area contributed by atoms with Gasteiger partial charge in [0.05, 0.1) is 18.8 Å². The van der Waals surface area contributed by atoms with Gasteiger partial charge >= 0.3 is 0 Å². The Kier molecular flexibility index (Phi) is 7.58. The lowest BCUT2D eigenvalue weighted by Crippen LogP contribution is -2.52. The third kappa shape index (κ3) is 6.00. The van der Waals surface area contributed by atoms with E-state index in [0.717, 1.165) is 21.5 Å². The van der Waals surface area contributed by atoms with E-state index >= 15 is 0 Å². The van der Waals surface area contributed by atoms with Crippen molar-refractivity contribution in [2.24, 2.45) is 13.0 Å². The molecule has 1 saturated heterocycles. The number of fused-ring (bicyclic) bond motifs is 1. The van der Waals surface area contributed by atoms with Crippen LogP contribution in [-0.4, -0.2) is 66.3 Å². The molecular weight excluding hydrogens is 444 g/mol. The topological polar surface area (TPSA) is 118 Å². The number of rotatable bonds is 7. The Bertz CT molecular complexity index is 1150. The molecule has 1 aliphatic rings. The molecule has 2 amide bonds. The van der Waals surface area contributed by atoms with Crippen molar-refractivity contribution >= 4 is 38.5 Å². The summed E-state index contributed by atoms with van der Waals surface area (Å²) in [4.78, 5) is 38.8. The van der Waals surface area contributed by atoms with E-state index in [1.54, 1.807) is 17.7 Å². The van der Waals surface area contributed by atoms with E-state index in [1.165, 1.54) is 0 Å². The SMILES string of the molecule is CC(C)C[C@H](NC(=O)c1cc2ccccc2n1C)C(=O)NC1CCCN(S(C)(=O)=O)CC1=O. The molecule has 0 radical (unpaired) electrons. The molecule has 1 aromatic heterocycles. The molecule has 1 aromatic carbocycles. The van der Waals surface area contributed by atoms with Gasteiger partial charge in [-0.1, -0.05) is 32.0 Å². The van der Waals surface area contributed by atoms with Crippen LogP contribution in [0.15, 0.2) is 30.3 Å². The monoisotopic (exact) mass is 476 g/mol. The van der Waals surface area contributed by atoms with Crippen molar-refractivity contribution in [3.05, 3.63) is 36.0 Å². The van der Waals surface area contributed by atoms with Gasteiger partial charge in [-0.25, -0.2) is 8.42 Å². The molecule has 1 unspecified atom stereocenters. The highest BCUT2D eigenvalue weighted by molar-refractivity contribution is 7.88. The molecule has 0 saturated carbocycles. The Morgan fingerprint density at radius 1 is 1.21 bits per heavy atom. The minimum atomic E-state index is -3.49. The largest absolute Gasteiger partial charge is 0.344 e. The van der Waals surface area contributed by atoms with Crippen LogP contribution in [0.1, 0.15) is 43.6 Å². The lowest BCUT2D eigenvalue weighted by atomic mass is 10.0. The number of hydrogen-bond acceptors (Lipinski definition) is 5. The second-order valence-electron chi connectivity index (χ2n) is 9.07. The Morgan fingerprint density at radius 2 is 1.91 bits per heavy atom. The maximum Gasteiger partial charge on any atom is 0.268 e. The van der Waals surface area contributed by atoms with Crippen molar-refractivity contribution in [3.63, 3.8) is 0 Å². The molecule has 2 aromatic rings. The highest BCUT2D eigenvalue weighted by Crippen LogP contribution is 2.19. The Balaban J connectivity index is 1.74. The average molecular weight is 477 g/mol. The molecule has 2 N–H and O–H groups in total. The van der Waals surface area contributed by atoms with Gasteiger partial charge in [0.15, 0.2) is 5.78 Å². The summed E-state index contributed by atoms with van der Waals surface area (Å²) in [6, 6.07) is 7.81. The van der Waals surface area contributed by atoms with Crippen LogP contribution >= 0.6 is 0 Å². The number of nitrogens with zero attached hydrogens (tertiary/aromatic N) is 2. The lowest BCUT2D eigenvalue weighted by molar-refractivity contribution is -0.129. The van der Waals surface area contributed by atoms with E-state index in [2.05, 4.69) is 10.6 Å². The number of sulfonamides is 1. The Morgan fingerprint density at radius 3 is 2.55 bits per heavy atom. The number of Topliss-reactive ketones (excluding diaryl/α,β-unsaturated/α-hetero) is 1. The predicted octanol–water partition coefficient (Wildman–Crippen LogP) is 1.43. The van der Waals surface area contributed by atoms with E-state index in [9.17, 15) is 22.8 Å². The van der Waals surface area contributed by atoms with Crippen LogP contribution in [-0.2, 0) is 26.7 Å². The standard InChI is InChI=1S/C23H32N4O5S/c1-15(2)12-18(25-23(30)20-13-16-8-5-6-10-19(16)26(20)3)22(29)24-17-9-7-11-27(14-21(17)28)33(4,31)32/h5-6,8,10,13,15,17-18H,7,9,11-12,14H2,1-4H3,(H,24,29)(H,25,30)/t17?,18-/m0/s1. The molecule has 10 heteroatoms. The number of carbonyl (C=O) groups excluding carboxylic acids is 3. The van der Waals surface area contributed by atoms with Crippen LogP contribution in [0.5, 0.6) is 0 Å². The fraction of sp³-hybridized carbons (Fsp3) is 0.522. The molecule has 1 aliphatic heterocycles. The lowest BCUT2D eigenvalue weighted by Gasteiger charge is -2.23. The molecule has 2 heterocycles. The molecular formula is C23H32N4O5S. The molecule has 9 nitrogen and oxygen atoms in total. The molecule has 180 valence electrons. The normalized spacial score (nSPS) is 18.8. The molecule has 0 aliphatic carbocycles. The summed E-state index contributed by atoms with van der Waals surface area (Å²) in [5.41, 5.74) is 1.35. The van der Waals surface area contributed by atoms with Gasteiger partial charge in [0.1, 0.15) is 11.7 Å². The minimum Gasteiger partial charge on any atom is -0.344 e. The Hall–Kier alpha value is -2.72. The molecule has 2 atom stereocenters. The van der Waals surface area contributed by atoms with Crippen LogP contribution in [0.2, 0.25) is 0 Å². The van der Waals surface area contributed by atoms with Crippen LogP contribution in [0.4, 0.5) is 0 Å².